The highest BCUT2D eigenvalue weighted by Crippen LogP contribution is 2.20. The van der Waals surface area contributed by atoms with Crippen LogP contribution in [-0.2, 0) is 15.6 Å². The molecule has 1 aromatic rings. The Hall–Kier alpha value is -1.54. The maximum atomic E-state index is 13.2. The van der Waals surface area contributed by atoms with Gasteiger partial charge in [-0.3, -0.25) is 10.1 Å². The molecule has 0 radical (unpaired) electrons. The van der Waals surface area contributed by atoms with Gasteiger partial charge in [-0.15, -0.1) is 0 Å². The van der Waals surface area contributed by atoms with Crippen molar-refractivity contribution in [3.8, 4) is 0 Å². The highest BCUT2D eigenvalue weighted by atomic mass is 32.2. The van der Waals surface area contributed by atoms with E-state index in [2.05, 4.69) is 0 Å². The minimum absolute atomic E-state index is 0.0653. The summed E-state index contributed by atoms with van der Waals surface area (Å²) in [6.07, 6.45) is 0.291. The lowest BCUT2D eigenvalue weighted by molar-refractivity contribution is -0.385. The number of hydrogen-bond donors (Lipinski definition) is 1. The first-order valence-electron chi connectivity index (χ1n) is 5.61. The molecule has 8 heteroatoms. The van der Waals surface area contributed by atoms with Crippen LogP contribution < -0.4 is 5.73 Å². The van der Waals surface area contributed by atoms with Crippen LogP contribution in [0.4, 0.5) is 10.1 Å². The Morgan fingerprint density at radius 3 is 2.58 bits per heavy atom. The van der Waals surface area contributed by atoms with E-state index in [9.17, 15) is 22.9 Å². The summed E-state index contributed by atoms with van der Waals surface area (Å²) in [7, 11) is -3.50. The van der Waals surface area contributed by atoms with Gasteiger partial charge in [-0.25, -0.2) is 12.8 Å². The minimum atomic E-state index is -3.50. The number of hydrogen-bond acceptors (Lipinski definition) is 5. The second-order valence-corrected chi connectivity index (χ2v) is 6.69. The lowest BCUT2D eigenvalue weighted by Gasteiger charge is -2.11. The summed E-state index contributed by atoms with van der Waals surface area (Å²) in [6, 6.07) is 2.80. The van der Waals surface area contributed by atoms with Crippen LogP contribution in [-0.4, -0.2) is 25.1 Å². The summed E-state index contributed by atoms with van der Waals surface area (Å²) in [5, 5.41) is 9.91. The van der Waals surface area contributed by atoms with Crippen molar-refractivity contribution in [3.05, 3.63) is 39.7 Å². The molecule has 0 saturated carbocycles. The van der Waals surface area contributed by atoms with E-state index in [1.54, 1.807) is 0 Å². The van der Waals surface area contributed by atoms with Crippen LogP contribution >= 0.6 is 0 Å². The minimum Gasteiger partial charge on any atom is -0.330 e. The molecule has 0 saturated heterocycles. The Balaban J connectivity index is 3.02. The van der Waals surface area contributed by atoms with Gasteiger partial charge in [0.1, 0.15) is 5.82 Å². The van der Waals surface area contributed by atoms with Crippen LogP contribution in [0.25, 0.3) is 0 Å². The SMILES string of the molecule is CC(CCN)S(=O)(=O)Cc1cc(F)cc([N+](=O)[O-])c1. The Morgan fingerprint density at radius 2 is 2.05 bits per heavy atom. The molecule has 1 aromatic carbocycles. The van der Waals surface area contributed by atoms with Crippen molar-refractivity contribution in [1.29, 1.82) is 0 Å². The molecule has 0 aromatic heterocycles. The van der Waals surface area contributed by atoms with E-state index in [0.29, 0.717) is 6.42 Å². The molecule has 0 amide bonds. The molecule has 19 heavy (non-hydrogen) atoms. The second kappa shape index (κ2) is 6.07. The maximum absolute atomic E-state index is 13.2. The first kappa shape index (κ1) is 15.5. The molecular formula is C11H15FN2O4S. The molecule has 1 rings (SSSR count). The number of non-ortho nitro benzene ring substituents is 1. The summed E-state index contributed by atoms with van der Waals surface area (Å²) in [5.41, 5.74) is 4.90. The van der Waals surface area contributed by atoms with Crippen molar-refractivity contribution in [1.82, 2.24) is 0 Å². The second-order valence-electron chi connectivity index (χ2n) is 4.27. The van der Waals surface area contributed by atoms with Gasteiger partial charge >= 0.3 is 0 Å². The van der Waals surface area contributed by atoms with Crippen molar-refractivity contribution in [2.75, 3.05) is 6.54 Å². The molecule has 6 nitrogen and oxygen atoms in total. The van der Waals surface area contributed by atoms with E-state index in [1.807, 2.05) is 0 Å². The van der Waals surface area contributed by atoms with Crippen molar-refractivity contribution >= 4 is 15.5 Å². The van der Waals surface area contributed by atoms with E-state index in [4.69, 9.17) is 5.73 Å². The zero-order chi connectivity index (χ0) is 14.6. The molecule has 0 fully saturated rings. The molecular weight excluding hydrogens is 275 g/mol. The van der Waals surface area contributed by atoms with Gasteiger partial charge in [0.15, 0.2) is 9.84 Å². The van der Waals surface area contributed by atoms with E-state index >= 15 is 0 Å². The van der Waals surface area contributed by atoms with Crippen LogP contribution in [0, 0.1) is 15.9 Å². The number of nitrogens with two attached hydrogens (primary N) is 1. The summed E-state index contributed by atoms with van der Waals surface area (Å²) < 4.78 is 37.1. The van der Waals surface area contributed by atoms with Crippen LogP contribution in [0.15, 0.2) is 18.2 Å². The first-order chi connectivity index (χ1) is 8.76. The number of nitro groups is 1. The van der Waals surface area contributed by atoms with Crippen molar-refractivity contribution in [3.63, 3.8) is 0 Å². The van der Waals surface area contributed by atoms with Crippen LogP contribution in [0.1, 0.15) is 18.9 Å². The molecule has 1 atom stereocenters. The third-order valence-corrected chi connectivity index (χ3v) is 4.90. The van der Waals surface area contributed by atoms with E-state index in [0.717, 1.165) is 18.2 Å². The molecule has 1 unspecified atom stereocenters. The lowest BCUT2D eigenvalue weighted by Crippen LogP contribution is -2.22. The molecule has 0 aliphatic rings. The standard InChI is InChI=1S/C11H15FN2O4S/c1-8(2-3-13)19(17,18)7-9-4-10(12)6-11(5-9)14(15)16/h4-6,8H,2-3,7,13H2,1H3. The number of nitro benzene ring substituents is 1. The fourth-order valence-electron chi connectivity index (χ4n) is 1.61. The third-order valence-electron chi connectivity index (χ3n) is 2.71. The molecule has 2 N–H and O–H groups in total. The number of nitrogens with zero attached hydrogens (tertiary/aromatic N) is 1. The molecule has 0 bridgehead atoms. The number of rotatable bonds is 6. The normalized spacial score (nSPS) is 13.2. The van der Waals surface area contributed by atoms with Gasteiger partial charge in [0.05, 0.1) is 22.0 Å². The summed E-state index contributed by atoms with van der Waals surface area (Å²) >= 11 is 0. The average molecular weight is 290 g/mol. The van der Waals surface area contributed by atoms with Crippen molar-refractivity contribution < 1.29 is 17.7 Å². The van der Waals surface area contributed by atoms with Gasteiger partial charge in [-0.2, -0.15) is 0 Å². The predicted molar refractivity (Wildman–Crippen MR) is 68.8 cm³/mol. The predicted octanol–water partition coefficient (Wildman–Crippen LogP) is 1.39. The van der Waals surface area contributed by atoms with Gasteiger partial charge in [0.2, 0.25) is 0 Å². The van der Waals surface area contributed by atoms with E-state index in [1.165, 1.54) is 6.92 Å². The molecule has 106 valence electrons. The van der Waals surface area contributed by atoms with Crippen LogP contribution in [0.5, 0.6) is 0 Å². The average Bonchev–Trinajstić information content (AvgIpc) is 2.27. The van der Waals surface area contributed by atoms with Crippen LogP contribution in [0.3, 0.4) is 0 Å². The molecule has 0 aliphatic heterocycles. The van der Waals surface area contributed by atoms with Gasteiger partial charge in [0, 0.05) is 6.07 Å². The molecule has 0 heterocycles. The quantitative estimate of drug-likeness (QED) is 0.629. The lowest BCUT2D eigenvalue weighted by atomic mass is 10.2. The largest absolute Gasteiger partial charge is 0.330 e. The highest BCUT2D eigenvalue weighted by Gasteiger charge is 2.22. The van der Waals surface area contributed by atoms with E-state index < -0.39 is 37.3 Å². The highest BCUT2D eigenvalue weighted by molar-refractivity contribution is 7.91. The number of sulfone groups is 1. The van der Waals surface area contributed by atoms with Crippen molar-refractivity contribution in [2.24, 2.45) is 5.73 Å². The first-order valence-corrected chi connectivity index (χ1v) is 7.33. The maximum Gasteiger partial charge on any atom is 0.272 e. The topological polar surface area (TPSA) is 103 Å². The Bertz CT molecular complexity index is 574. The summed E-state index contributed by atoms with van der Waals surface area (Å²) in [5.74, 6) is -1.27. The van der Waals surface area contributed by atoms with Gasteiger partial charge in [0.25, 0.3) is 5.69 Å². The Morgan fingerprint density at radius 1 is 1.42 bits per heavy atom. The van der Waals surface area contributed by atoms with Crippen molar-refractivity contribution in [2.45, 2.75) is 24.3 Å². The fraction of sp³-hybridized carbons (Fsp3) is 0.455. The van der Waals surface area contributed by atoms with Gasteiger partial charge < -0.3 is 5.73 Å². The zero-order valence-electron chi connectivity index (χ0n) is 10.4. The summed E-state index contributed by atoms with van der Waals surface area (Å²) in [4.78, 5) is 9.82. The molecule has 0 spiro atoms. The third kappa shape index (κ3) is 4.25. The smallest absolute Gasteiger partial charge is 0.272 e. The number of benzene rings is 1. The Kier molecular flexibility index (Phi) is 4.96. The monoisotopic (exact) mass is 290 g/mol. The fourth-order valence-corrected chi connectivity index (χ4v) is 3.02. The number of halogens is 1. The van der Waals surface area contributed by atoms with Crippen LogP contribution in [0.2, 0.25) is 0 Å². The summed E-state index contributed by atoms with van der Waals surface area (Å²) in [6.45, 7) is 1.74. The Labute approximate surface area is 110 Å². The molecule has 0 aliphatic carbocycles. The van der Waals surface area contributed by atoms with Gasteiger partial charge in [-0.1, -0.05) is 0 Å². The zero-order valence-corrected chi connectivity index (χ0v) is 11.2. The van der Waals surface area contributed by atoms with E-state index in [-0.39, 0.29) is 12.1 Å². The van der Waals surface area contributed by atoms with Gasteiger partial charge in [-0.05, 0) is 31.5 Å².